The van der Waals surface area contributed by atoms with E-state index in [0.717, 1.165) is 71.4 Å². The highest BCUT2D eigenvalue weighted by molar-refractivity contribution is 7.13. The molecule has 1 atom stereocenters. The van der Waals surface area contributed by atoms with Gasteiger partial charge in [0.05, 0.1) is 32.2 Å². The lowest BCUT2D eigenvalue weighted by atomic mass is 9.80. The highest BCUT2D eigenvalue weighted by atomic mass is 32.1. The third-order valence-corrected chi connectivity index (χ3v) is 12.0. The van der Waals surface area contributed by atoms with E-state index in [1.807, 2.05) is 35.8 Å². The van der Waals surface area contributed by atoms with E-state index < -0.39 is 0 Å². The summed E-state index contributed by atoms with van der Waals surface area (Å²) < 4.78 is 0. The number of aromatic nitrogens is 4. The Labute approximate surface area is 321 Å². The van der Waals surface area contributed by atoms with Crippen LogP contribution >= 0.6 is 22.7 Å². The van der Waals surface area contributed by atoms with Crippen molar-refractivity contribution >= 4 is 55.4 Å². The molecule has 0 bridgehead atoms. The van der Waals surface area contributed by atoms with Crippen LogP contribution in [0, 0.1) is 0 Å². The molecule has 0 aliphatic heterocycles. The molecule has 0 spiro atoms. The number of hydrogen-bond donors (Lipinski definition) is 0. The molecule has 1 aliphatic carbocycles. The first-order chi connectivity index (χ1) is 26.8. The zero-order valence-corrected chi connectivity index (χ0v) is 30.8. The quantitative estimate of drug-likeness (QED) is 0.153. The third-order valence-electron chi connectivity index (χ3n) is 10.4. The molecular formula is C48H32N4S2. The molecule has 5 aromatic carbocycles. The van der Waals surface area contributed by atoms with Gasteiger partial charge in [-0.1, -0.05) is 109 Å². The fraction of sp³-hybridized carbons (Fsp3) is 0.0417. The molecule has 4 aromatic heterocycles. The minimum absolute atomic E-state index is 0.256. The van der Waals surface area contributed by atoms with Gasteiger partial charge in [0.25, 0.3) is 0 Å². The molecule has 0 N–H and O–H groups in total. The summed E-state index contributed by atoms with van der Waals surface area (Å²) in [6.45, 7) is 0. The summed E-state index contributed by atoms with van der Waals surface area (Å²) in [5.74, 6) is 0.256. The summed E-state index contributed by atoms with van der Waals surface area (Å²) >= 11 is 3.25. The second kappa shape index (κ2) is 13.9. The van der Waals surface area contributed by atoms with Crippen LogP contribution in [0.25, 0.3) is 76.1 Å². The van der Waals surface area contributed by atoms with Crippen LogP contribution in [0.2, 0.25) is 0 Å². The van der Waals surface area contributed by atoms with Crippen molar-refractivity contribution in [2.75, 3.05) is 0 Å². The van der Waals surface area contributed by atoms with Gasteiger partial charge in [-0.3, -0.25) is 19.9 Å². The largest absolute Gasteiger partial charge is 0.256 e. The van der Waals surface area contributed by atoms with Crippen molar-refractivity contribution in [2.45, 2.75) is 12.3 Å². The Morgan fingerprint density at radius 3 is 1.61 bits per heavy atom. The van der Waals surface area contributed by atoms with Crippen LogP contribution in [0.5, 0.6) is 0 Å². The number of rotatable bonds is 7. The molecule has 10 rings (SSSR count). The maximum atomic E-state index is 5.13. The maximum absolute atomic E-state index is 5.13. The van der Waals surface area contributed by atoms with E-state index in [-0.39, 0.29) is 5.92 Å². The molecule has 54 heavy (non-hydrogen) atoms. The Kier molecular flexibility index (Phi) is 8.32. The fourth-order valence-electron chi connectivity index (χ4n) is 7.75. The van der Waals surface area contributed by atoms with Crippen LogP contribution in [0.1, 0.15) is 29.0 Å². The van der Waals surface area contributed by atoms with Crippen molar-refractivity contribution in [3.05, 3.63) is 192 Å². The van der Waals surface area contributed by atoms with E-state index in [0.29, 0.717) is 0 Å². The minimum atomic E-state index is 0.256. The van der Waals surface area contributed by atoms with Gasteiger partial charge >= 0.3 is 0 Å². The molecule has 4 nitrogen and oxygen atoms in total. The van der Waals surface area contributed by atoms with Gasteiger partial charge in [0.1, 0.15) is 0 Å². The number of fused-ring (bicyclic) bond motifs is 2. The summed E-state index contributed by atoms with van der Waals surface area (Å²) in [5.41, 5.74) is 16.3. The highest BCUT2D eigenvalue weighted by Gasteiger charge is 2.23. The normalized spacial score (nSPS) is 14.3. The van der Waals surface area contributed by atoms with E-state index in [1.165, 1.54) is 27.8 Å². The van der Waals surface area contributed by atoms with Crippen molar-refractivity contribution in [1.82, 2.24) is 19.9 Å². The van der Waals surface area contributed by atoms with Gasteiger partial charge in [-0.2, -0.15) is 0 Å². The lowest BCUT2D eigenvalue weighted by Gasteiger charge is -2.24. The van der Waals surface area contributed by atoms with Crippen LogP contribution in [0.15, 0.2) is 175 Å². The Bertz CT molecular complexity index is 2810. The van der Waals surface area contributed by atoms with Crippen molar-refractivity contribution in [1.29, 1.82) is 0 Å². The SMILES string of the molecule is C1=C(c2ccccc2)C=C(c2ccc3c(-c4ccc(-c5cncs5)cn4)c4ccccc4c(-c4ccc(-c5cncs5)cn4)c3c2)CC1c1ccccc1. The molecule has 0 saturated heterocycles. The van der Waals surface area contributed by atoms with Gasteiger partial charge in [0.2, 0.25) is 0 Å². The summed E-state index contributed by atoms with van der Waals surface area (Å²) in [6.07, 6.45) is 13.5. The monoisotopic (exact) mass is 728 g/mol. The van der Waals surface area contributed by atoms with Gasteiger partial charge in [-0.25, -0.2) is 0 Å². The van der Waals surface area contributed by atoms with Crippen LogP contribution < -0.4 is 0 Å². The summed E-state index contributed by atoms with van der Waals surface area (Å²) in [4.78, 5) is 21.0. The smallest absolute Gasteiger partial charge is 0.0797 e. The standard InChI is InChI=1S/C48H32N4S2/c1-3-9-31(10-4-1)36-21-37(32-11-5-2-6-12-32)23-38(22-36)33-15-18-41-42(24-33)48(44-20-17-35(26-52-44)46-28-50-30-54-46)40-14-8-7-13-39(40)47(41)43-19-16-34(25-51-43)45-27-49-29-53-45/h1-22,24-30,37H,23H2. The molecule has 4 heterocycles. The summed E-state index contributed by atoms with van der Waals surface area (Å²) in [5, 5.41) is 4.59. The van der Waals surface area contributed by atoms with Gasteiger partial charge in [0, 0.05) is 53.0 Å². The Hall–Kier alpha value is -6.34. The predicted octanol–water partition coefficient (Wildman–Crippen LogP) is 13.0. The number of nitrogens with zero attached hydrogens (tertiary/aromatic N) is 4. The number of allylic oxidation sites excluding steroid dienone is 4. The molecule has 0 radical (unpaired) electrons. The number of benzene rings is 5. The van der Waals surface area contributed by atoms with Crippen molar-refractivity contribution in [3.63, 3.8) is 0 Å². The maximum Gasteiger partial charge on any atom is 0.0797 e. The van der Waals surface area contributed by atoms with Gasteiger partial charge in [0.15, 0.2) is 0 Å². The van der Waals surface area contributed by atoms with Crippen LogP contribution in [-0.4, -0.2) is 19.9 Å². The minimum Gasteiger partial charge on any atom is -0.256 e. The highest BCUT2D eigenvalue weighted by Crippen LogP contribution is 2.46. The third kappa shape index (κ3) is 5.96. The first-order valence-electron chi connectivity index (χ1n) is 18.0. The average molecular weight is 729 g/mol. The molecule has 9 aromatic rings. The lowest BCUT2D eigenvalue weighted by molar-refractivity contribution is 0.871. The molecule has 1 unspecified atom stereocenters. The number of pyridine rings is 2. The van der Waals surface area contributed by atoms with Crippen LogP contribution in [0.3, 0.4) is 0 Å². The molecule has 256 valence electrons. The molecule has 1 aliphatic rings. The summed E-state index contributed by atoms with van der Waals surface area (Å²) in [7, 11) is 0. The van der Waals surface area contributed by atoms with Gasteiger partial charge in [-0.05, 0) is 86.1 Å². The number of hydrogen-bond acceptors (Lipinski definition) is 6. The van der Waals surface area contributed by atoms with Gasteiger partial charge < -0.3 is 0 Å². The van der Waals surface area contributed by atoms with E-state index >= 15 is 0 Å². The molecule has 6 heteroatoms. The van der Waals surface area contributed by atoms with E-state index in [4.69, 9.17) is 9.97 Å². The molecule has 0 saturated carbocycles. The summed E-state index contributed by atoms with van der Waals surface area (Å²) in [6, 6.07) is 45.9. The average Bonchev–Trinajstić information content (AvgIpc) is 4.00. The Morgan fingerprint density at radius 2 is 1.04 bits per heavy atom. The van der Waals surface area contributed by atoms with E-state index in [2.05, 4.69) is 150 Å². The zero-order chi connectivity index (χ0) is 35.8. The topological polar surface area (TPSA) is 51.6 Å². The predicted molar refractivity (Wildman–Crippen MR) is 226 cm³/mol. The van der Waals surface area contributed by atoms with E-state index in [1.54, 1.807) is 22.7 Å². The Balaban J connectivity index is 1.19. The van der Waals surface area contributed by atoms with Crippen LogP contribution in [0.4, 0.5) is 0 Å². The van der Waals surface area contributed by atoms with Crippen molar-refractivity contribution in [3.8, 4) is 43.4 Å². The van der Waals surface area contributed by atoms with Gasteiger partial charge in [-0.15, -0.1) is 22.7 Å². The van der Waals surface area contributed by atoms with Crippen molar-refractivity contribution in [2.24, 2.45) is 0 Å². The first-order valence-corrected chi connectivity index (χ1v) is 19.7. The second-order valence-corrected chi connectivity index (χ2v) is 15.3. The lowest BCUT2D eigenvalue weighted by Crippen LogP contribution is -2.04. The second-order valence-electron chi connectivity index (χ2n) is 13.5. The van der Waals surface area contributed by atoms with Crippen LogP contribution in [-0.2, 0) is 0 Å². The fourth-order valence-corrected chi connectivity index (χ4v) is 8.98. The zero-order valence-electron chi connectivity index (χ0n) is 29.1. The molecule has 0 amide bonds. The van der Waals surface area contributed by atoms with E-state index in [9.17, 15) is 0 Å². The molecular weight excluding hydrogens is 697 g/mol. The first kappa shape index (κ1) is 32.3. The number of thiazole rings is 2. The van der Waals surface area contributed by atoms with Crippen molar-refractivity contribution < 1.29 is 0 Å². The Morgan fingerprint density at radius 1 is 0.481 bits per heavy atom. The molecule has 0 fully saturated rings.